The van der Waals surface area contributed by atoms with Crippen LogP contribution < -0.4 is 4.72 Å². The number of para-hydroxylation sites is 1. The van der Waals surface area contributed by atoms with Crippen LogP contribution in [0.25, 0.3) is 6.08 Å². The van der Waals surface area contributed by atoms with E-state index in [1.165, 1.54) is 12.1 Å². The number of rotatable bonds is 5. The summed E-state index contributed by atoms with van der Waals surface area (Å²) >= 11 is 0. The molecule has 0 atom stereocenters. The van der Waals surface area contributed by atoms with Gasteiger partial charge >= 0.3 is 0 Å². The second-order valence-electron chi connectivity index (χ2n) is 4.32. The molecule has 0 aromatic heterocycles. The van der Waals surface area contributed by atoms with E-state index >= 15 is 0 Å². The Kier molecular flexibility index (Phi) is 4.42. The van der Waals surface area contributed by atoms with Gasteiger partial charge in [0.25, 0.3) is 15.7 Å². The molecule has 2 N–H and O–H groups in total. The lowest BCUT2D eigenvalue weighted by Crippen LogP contribution is -2.08. The molecule has 0 fully saturated rings. The SMILES string of the molecule is O=[N+]([O-])c1ccc(/C=C/S(=O)(=O)Nc2ccccc2)c(O)c1. The van der Waals surface area contributed by atoms with Crippen LogP contribution in [0.5, 0.6) is 5.75 Å². The first-order chi connectivity index (χ1) is 10.4. The molecule has 8 heteroatoms. The van der Waals surface area contributed by atoms with E-state index in [4.69, 9.17) is 0 Å². The molecule has 0 aliphatic rings. The van der Waals surface area contributed by atoms with Crippen LogP contribution in [0.3, 0.4) is 0 Å². The molecule has 2 rings (SSSR count). The first-order valence-corrected chi connectivity index (χ1v) is 7.65. The molecule has 0 saturated carbocycles. The molecular weight excluding hydrogens is 308 g/mol. The van der Waals surface area contributed by atoms with Crippen LogP contribution in [-0.2, 0) is 10.0 Å². The fourth-order valence-electron chi connectivity index (χ4n) is 1.65. The van der Waals surface area contributed by atoms with Gasteiger partial charge in [-0.25, -0.2) is 8.42 Å². The van der Waals surface area contributed by atoms with E-state index in [1.54, 1.807) is 30.3 Å². The Labute approximate surface area is 126 Å². The summed E-state index contributed by atoms with van der Waals surface area (Å²) in [4.78, 5) is 9.90. The van der Waals surface area contributed by atoms with Crippen LogP contribution in [-0.4, -0.2) is 18.4 Å². The lowest BCUT2D eigenvalue weighted by Gasteiger charge is -2.04. The number of nitro benzene ring substituents is 1. The van der Waals surface area contributed by atoms with Crippen molar-refractivity contribution in [2.75, 3.05) is 4.72 Å². The number of nitrogens with one attached hydrogen (secondary N) is 1. The minimum absolute atomic E-state index is 0.157. The maximum atomic E-state index is 11.9. The number of hydrogen-bond acceptors (Lipinski definition) is 5. The zero-order valence-electron chi connectivity index (χ0n) is 11.2. The van der Waals surface area contributed by atoms with Crippen LogP contribution in [0.4, 0.5) is 11.4 Å². The smallest absolute Gasteiger partial charge is 0.273 e. The molecule has 0 bridgehead atoms. The molecule has 7 nitrogen and oxygen atoms in total. The summed E-state index contributed by atoms with van der Waals surface area (Å²) in [6.45, 7) is 0. The molecule has 0 amide bonds. The van der Waals surface area contributed by atoms with Gasteiger partial charge in [-0.15, -0.1) is 0 Å². The number of nitro groups is 1. The highest BCUT2D eigenvalue weighted by Crippen LogP contribution is 2.24. The van der Waals surface area contributed by atoms with Gasteiger partial charge in [0, 0.05) is 17.3 Å². The highest BCUT2D eigenvalue weighted by atomic mass is 32.2. The third-order valence-electron chi connectivity index (χ3n) is 2.69. The summed E-state index contributed by atoms with van der Waals surface area (Å²) in [7, 11) is -3.75. The zero-order valence-corrected chi connectivity index (χ0v) is 12.0. The number of benzene rings is 2. The van der Waals surface area contributed by atoms with E-state index in [1.807, 2.05) is 0 Å². The molecular formula is C14H12N2O5S. The van der Waals surface area contributed by atoms with Crippen molar-refractivity contribution in [2.45, 2.75) is 0 Å². The first kappa shape index (κ1) is 15.5. The van der Waals surface area contributed by atoms with Gasteiger partial charge < -0.3 is 5.11 Å². The summed E-state index contributed by atoms with van der Waals surface area (Å²) < 4.78 is 26.1. The van der Waals surface area contributed by atoms with Crippen molar-refractivity contribution < 1.29 is 18.4 Å². The number of nitrogens with zero attached hydrogens (tertiary/aromatic N) is 1. The lowest BCUT2D eigenvalue weighted by molar-refractivity contribution is -0.384. The maximum absolute atomic E-state index is 11.9. The van der Waals surface area contributed by atoms with Crippen molar-refractivity contribution in [1.29, 1.82) is 0 Å². The summed E-state index contributed by atoms with van der Waals surface area (Å²) in [5.74, 6) is -0.375. The standard InChI is InChI=1S/C14H12N2O5S/c17-14-10-13(16(18)19)7-6-11(14)8-9-22(20,21)15-12-4-2-1-3-5-12/h1-10,15,17H/b9-8+. The number of anilines is 1. The Morgan fingerprint density at radius 2 is 1.82 bits per heavy atom. The third kappa shape index (κ3) is 4.06. The highest BCUT2D eigenvalue weighted by Gasteiger charge is 2.10. The Hall–Kier alpha value is -2.87. The quantitative estimate of drug-likeness (QED) is 0.650. The number of sulfonamides is 1. The second kappa shape index (κ2) is 6.27. The Balaban J connectivity index is 2.19. The van der Waals surface area contributed by atoms with E-state index in [0.29, 0.717) is 5.69 Å². The van der Waals surface area contributed by atoms with Gasteiger partial charge in [-0.3, -0.25) is 14.8 Å². The molecule has 2 aromatic carbocycles. The number of aromatic hydroxyl groups is 1. The fourth-order valence-corrected chi connectivity index (χ4v) is 2.51. The summed E-state index contributed by atoms with van der Waals surface area (Å²) in [6, 6.07) is 11.7. The van der Waals surface area contributed by atoms with Gasteiger partial charge in [0.15, 0.2) is 0 Å². The molecule has 0 spiro atoms. The number of non-ortho nitro benzene ring substituents is 1. The van der Waals surface area contributed by atoms with E-state index < -0.39 is 14.9 Å². The molecule has 22 heavy (non-hydrogen) atoms. The normalized spacial score (nSPS) is 11.5. The number of phenolic OH excluding ortho intramolecular Hbond substituents is 1. The van der Waals surface area contributed by atoms with Gasteiger partial charge in [-0.05, 0) is 24.3 Å². The Bertz CT molecular complexity index is 816. The van der Waals surface area contributed by atoms with Crippen molar-refractivity contribution in [1.82, 2.24) is 0 Å². The summed E-state index contributed by atoms with van der Waals surface area (Å²) in [5.41, 5.74) is 0.282. The van der Waals surface area contributed by atoms with Crippen molar-refractivity contribution in [2.24, 2.45) is 0 Å². The molecule has 0 saturated heterocycles. The molecule has 0 unspecified atom stereocenters. The highest BCUT2D eigenvalue weighted by molar-refractivity contribution is 7.95. The minimum Gasteiger partial charge on any atom is -0.507 e. The van der Waals surface area contributed by atoms with E-state index in [2.05, 4.69) is 4.72 Å². The van der Waals surface area contributed by atoms with Crippen LogP contribution in [0, 0.1) is 10.1 Å². The van der Waals surface area contributed by atoms with Crippen LogP contribution in [0.15, 0.2) is 53.9 Å². The molecule has 0 radical (unpaired) electrons. The second-order valence-corrected chi connectivity index (χ2v) is 5.88. The molecule has 114 valence electrons. The predicted molar refractivity (Wildman–Crippen MR) is 82.8 cm³/mol. The maximum Gasteiger partial charge on any atom is 0.273 e. The van der Waals surface area contributed by atoms with Gasteiger partial charge in [0.1, 0.15) is 5.75 Å². The fraction of sp³-hybridized carbons (Fsp3) is 0. The Morgan fingerprint density at radius 1 is 1.14 bits per heavy atom. The Morgan fingerprint density at radius 3 is 2.41 bits per heavy atom. The van der Waals surface area contributed by atoms with Gasteiger partial charge in [0.05, 0.1) is 16.4 Å². The van der Waals surface area contributed by atoms with Crippen LogP contribution in [0.2, 0.25) is 0 Å². The van der Waals surface area contributed by atoms with Crippen molar-refractivity contribution in [3.63, 3.8) is 0 Å². The predicted octanol–water partition coefficient (Wildman–Crippen LogP) is 2.71. The molecule has 2 aromatic rings. The van der Waals surface area contributed by atoms with E-state index in [0.717, 1.165) is 17.6 Å². The number of hydrogen-bond donors (Lipinski definition) is 2. The van der Waals surface area contributed by atoms with Gasteiger partial charge in [-0.2, -0.15) is 0 Å². The van der Waals surface area contributed by atoms with Crippen LogP contribution in [0.1, 0.15) is 5.56 Å². The topological polar surface area (TPSA) is 110 Å². The van der Waals surface area contributed by atoms with Crippen LogP contribution >= 0.6 is 0 Å². The third-order valence-corrected chi connectivity index (χ3v) is 3.70. The average molecular weight is 320 g/mol. The summed E-state index contributed by atoms with van der Waals surface area (Å²) in [6.07, 6.45) is 1.16. The van der Waals surface area contributed by atoms with Gasteiger partial charge in [-0.1, -0.05) is 18.2 Å². The van der Waals surface area contributed by atoms with Crippen molar-refractivity contribution in [3.8, 4) is 5.75 Å². The lowest BCUT2D eigenvalue weighted by atomic mass is 10.2. The first-order valence-electron chi connectivity index (χ1n) is 6.11. The molecule has 0 aliphatic carbocycles. The zero-order chi connectivity index (χ0) is 16.2. The minimum atomic E-state index is -3.75. The number of phenols is 1. The monoisotopic (exact) mass is 320 g/mol. The average Bonchev–Trinajstić information content (AvgIpc) is 2.46. The van der Waals surface area contributed by atoms with E-state index in [9.17, 15) is 23.6 Å². The van der Waals surface area contributed by atoms with E-state index in [-0.39, 0.29) is 17.0 Å². The van der Waals surface area contributed by atoms with Crippen molar-refractivity contribution >= 4 is 27.5 Å². The largest absolute Gasteiger partial charge is 0.507 e. The van der Waals surface area contributed by atoms with Crippen molar-refractivity contribution in [3.05, 3.63) is 69.6 Å². The summed E-state index contributed by atoms with van der Waals surface area (Å²) in [5, 5.41) is 21.1. The van der Waals surface area contributed by atoms with Gasteiger partial charge in [0.2, 0.25) is 0 Å². The molecule has 0 aliphatic heterocycles. The molecule has 0 heterocycles.